The molecule has 0 atom stereocenters. The molecule has 120 valence electrons. The highest BCUT2D eigenvalue weighted by Crippen LogP contribution is 2.18. The van der Waals surface area contributed by atoms with E-state index in [1.807, 2.05) is 0 Å². The van der Waals surface area contributed by atoms with Crippen molar-refractivity contribution in [3.63, 3.8) is 0 Å². The Morgan fingerprint density at radius 3 is 0.955 bits per heavy atom. The van der Waals surface area contributed by atoms with Crippen LogP contribution >= 0.6 is 0 Å². The van der Waals surface area contributed by atoms with Crippen LogP contribution in [0.15, 0.2) is 36.4 Å². The molecule has 0 aliphatic rings. The lowest BCUT2D eigenvalue weighted by Gasteiger charge is -2.06. The number of hydrogen-bond donors (Lipinski definition) is 2. The lowest BCUT2D eigenvalue weighted by atomic mass is 10.0. The van der Waals surface area contributed by atoms with Crippen molar-refractivity contribution in [2.45, 2.75) is 53.4 Å². The first-order chi connectivity index (χ1) is 10.6. The molecule has 0 saturated heterocycles. The van der Waals surface area contributed by atoms with E-state index in [-0.39, 0.29) is 0 Å². The minimum Gasteiger partial charge on any atom is -0.398 e. The maximum atomic E-state index is 5.90. The summed E-state index contributed by atoms with van der Waals surface area (Å²) < 4.78 is 0. The number of nitrogen functional groups attached to an aromatic ring is 2. The molecule has 2 aromatic rings. The van der Waals surface area contributed by atoms with Crippen LogP contribution in [0.4, 0.5) is 11.4 Å². The Balaban J connectivity index is 0.000000220. The zero-order chi connectivity index (χ0) is 16.5. The van der Waals surface area contributed by atoms with Crippen LogP contribution in [0, 0.1) is 0 Å². The first-order valence-electron chi connectivity index (χ1n) is 8.31. The molecule has 0 aliphatic heterocycles. The number of nitrogens with two attached hydrogens (primary N) is 2. The molecule has 2 aromatic carbocycles. The second-order valence-electron chi connectivity index (χ2n) is 5.39. The van der Waals surface area contributed by atoms with Gasteiger partial charge in [0.1, 0.15) is 0 Å². The van der Waals surface area contributed by atoms with E-state index in [0.717, 1.165) is 37.1 Å². The monoisotopic (exact) mass is 298 g/mol. The third-order valence-corrected chi connectivity index (χ3v) is 4.10. The van der Waals surface area contributed by atoms with E-state index >= 15 is 0 Å². The Hall–Kier alpha value is -1.96. The van der Waals surface area contributed by atoms with Gasteiger partial charge in [-0.2, -0.15) is 0 Å². The highest BCUT2D eigenvalue weighted by atomic mass is 14.6. The summed E-state index contributed by atoms with van der Waals surface area (Å²) in [5.41, 5.74) is 18.8. The summed E-state index contributed by atoms with van der Waals surface area (Å²) >= 11 is 0. The minimum absolute atomic E-state index is 0.984. The molecule has 22 heavy (non-hydrogen) atoms. The molecule has 0 radical (unpaired) electrons. The molecule has 0 heterocycles. The van der Waals surface area contributed by atoms with Gasteiger partial charge in [-0.1, -0.05) is 64.1 Å². The van der Waals surface area contributed by atoms with Crippen LogP contribution < -0.4 is 11.5 Å². The molecule has 0 fully saturated rings. The Kier molecular flexibility index (Phi) is 7.51. The average Bonchev–Trinajstić information content (AvgIpc) is 2.56. The van der Waals surface area contributed by atoms with Gasteiger partial charge in [0.15, 0.2) is 0 Å². The van der Waals surface area contributed by atoms with E-state index < -0.39 is 0 Å². The maximum absolute atomic E-state index is 5.90. The van der Waals surface area contributed by atoms with Gasteiger partial charge in [0.25, 0.3) is 0 Å². The largest absolute Gasteiger partial charge is 0.398 e. The van der Waals surface area contributed by atoms with E-state index in [0.29, 0.717) is 0 Å². The van der Waals surface area contributed by atoms with E-state index in [1.54, 1.807) is 0 Å². The topological polar surface area (TPSA) is 52.0 Å². The molecule has 4 N–H and O–H groups in total. The summed E-state index contributed by atoms with van der Waals surface area (Å²) in [6.07, 6.45) is 4.11. The lowest BCUT2D eigenvalue weighted by molar-refractivity contribution is 1.09. The summed E-state index contributed by atoms with van der Waals surface area (Å²) in [4.78, 5) is 0. The molecule has 0 bridgehead atoms. The van der Waals surface area contributed by atoms with Gasteiger partial charge < -0.3 is 11.5 Å². The Morgan fingerprint density at radius 2 is 0.773 bits per heavy atom. The van der Waals surface area contributed by atoms with Crippen molar-refractivity contribution in [1.29, 1.82) is 0 Å². The first-order valence-corrected chi connectivity index (χ1v) is 8.31. The second-order valence-corrected chi connectivity index (χ2v) is 5.39. The molecule has 2 heteroatoms. The van der Waals surface area contributed by atoms with E-state index in [9.17, 15) is 0 Å². The van der Waals surface area contributed by atoms with Crippen molar-refractivity contribution in [3.05, 3.63) is 58.7 Å². The van der Waals surface area contributed by atoms with Crippen molar-refractivity contribution < 1.29 is 0 Å². The van der Waals surface area contributed by atoms with Crippen molar-refractivity contribution in [2.75, 3.05) is 11.5 Å². The summed E-state index contributed by atoms with van der Waals surface area (Å²) in [6.45, 7) is 8.52. The fraction of sp³-hybridized carbons (Fsp3) is 0.400. The summed E-state index contributed by atoms with van der Waals surface area (Å²) in [6, 6.07) is 12.5. The lowest BCUT2D eigenvalue weighted by Crippen LogP contribution is -1.97. The van der Waals surface area contributed by atoms with Crippen LogP contribution in [0.2, 0.25) is 0 Å². The van der Waals surface area contributed by atoms with Crippen molar-refractivity contribution in [2.24, 2.45) is 0 Å². The van der Waals surface area contributed by atoms with Gasteiger partial charge in [0, 0.05) is 11.4 Å². The number of benzene rings is 2. The van der Waals surface area contributed by atoms with Crippen LogP contribution in [-0.4, -0.2) is 0 Å². The van der Waals surface area contributed by atoms with E-state index in [1.165, 1.54) is 22.3 Å². The summed E-state index contributed by atoms with van der Waals surface area (Å²) in [5.74, 6) is 0. The third kappa shape index (κ3) is 4.52. The fourth-order valence-electron chi connectivity index (χ4n) is 2.57. The highest BCUT2D eigenvalue weighted by molar-refractivity contribution is 5.54. The standard InChI is InChI=1S/2C10H15N/c2*1-3-8-6-5-7-9(4-2)10(8)11/h2*5-7H,3-4,11H2,1-2H3. The van der Waals surface area contributed by atoms with Gasteiger partial charge in [0.05, 0.1) is 0 Å². The zero-order valence-electron chi connectivity index (χ0n) is 14.4. The number of para-hydroxylation sites is 2. The highest BCUT2D eigenvalue weighted by Gasteiger charge is 2.00. The molecular formula is C20H30N2. The maximum Gasteiger partial charge on any atom is 0.0378 e. The molecule has 0 aliphatic carbocycles. The molecule has 0 saturated carbocycles. The summed E-state index contributed by atoms with van der Waals surface area (Å²) in [5, 5.41) is 0. The van der Waals surface area contributed by atoms with E-state index in [2.05, 4.69) is 64.1 Å². The van der Waals surface area contributed by atoms with Crippen LogP contribution in [0.25, 0.3) is 0 Å². The van der Waals surface area contributed by atoms with Gasteiger partial charge in [0.2, 0.25) is 0 Å². The van der Waals surface area contributed by atoms with Crippen LogP contribution in [0.1, 0.15) is 49.9 Å². The van der Waals surface area contributed by atoms with Gasteiger partial charge in [-0.05, 0) is 47.9 Å². The van der Waals surface area contributed by atoms with Crippen LogP contribution in [0.3, 0.4) is 0 Å². The molecule has 2 nitrogen and oxygen atoms in total. The molecule has 0 aromatic heterocycles. The van der Waals surface area contributed by atoms with Crippen LogP contribution in [-0.2, 0) is 25.7 Å². The molecule has 0 unspecified atom stereocenters. The quantitative estimate of drug-likeness (QED) is 0.798. The normalized spacial score (nSPS) is 10.0. The van der Waals surface area contributed by atoms with Gasteiger partial charge >= 0.3 is 0 Å². The molecule has 0 spiro atoms. The van der Waals surface area contributed by atoms with Crippen molar-refractivity contribution in [1.82, 2.24) is 0 Å². The predicted molar refractivity (Wildman–Crippen MR) is 99.2 cm³/mol. The smallest absolute Gasteiger partial charge is 0.0378 e. The Morgan fingerprint density at radius 1 is 0.545 bits per heavy atom. The summed E-state index contributed by atoms with van der Waals surface area (Å²) in [7, 11) is 0. The number of rotatable bonds is 4. The van der Waals surface area contributed by atoms with Gasteiger partial charge in [-0.15, -0.1) is 0 Å². The number of anilines is 2. The van der Waals surface area contributed by atoms with Crippen molar-refractivity contribution in [3.8, 4) is 0 Å². The number of hydrogen-bond acceptors (Lipinski definition) is 2. The van der Waals surface area contributed by atoms with E-state index in [4.69, 9.17) is 11.5 Å². The van der Waals surface area contributed by atoms with Crippen LogP contribution in [0.5, 0.6) is 0 Å². The van der Waals surface area contributed by atoms with Crippen molar-refractivity contribution >= 4 is 11.4 Å². The zero-order valence-corrected chi connectivity index (χ0v) is 14.4. The average molecular weight is 298 g/mol. The van der Waals surface area contributed by atoms with Gasteiger partial charge in [-0.25, -0.2) is 0 Å². The number of aryl methyl sites for hydroxylation is 4. The molecular weight excluding hydrogens is 268 g/mol. The Bertz CT molecular complexity index is 490. The molecule has 2 rings (SSSR count). The Labute approximate surface area is 135 Å². The third-order valence-electron chi connectivity index (χ3n) is 4.10. The molecule has 0 amide bonds. The minimum atomic E-state index is 0.984. The van der Waals surface area contributed by atoms with Gasteiger partial charge in [-0.3, -0.25) is 0 Å². The fourth-order valence-corrected chi connectivity index (χ4v) is 2.57. The predicted octanol–water partition coefficient (Wildman–Crippen LogP) is 4.79. The first kappa shape index (κ1) is 18.1. The second kappa shape index (κ2) is 9.14. The SMILES string of the molecule is CCc1cccc(CC)c1N.CCc1cccc(CC)c1N.